The maximum atomic E-state index is 9.09. The van der Waals surface area contributed by atoms with E-state index in [-0.39, 0.29) is 0 Å². The molecule has 5 nitrogen and oxygen atoms in total. The molecule has 0 aliphatic rings. The van der Waals surface area contributed by atoms with Gasteiger partial charge in [0.1, 0.15) is 0 Å². The molecular formula is C21H15BrN4OS. The van der Waals surface area contributed by atoms with Crippen LogP contribution in [0.25, 0.3) is 11.6 Å². The molecule has 0 fully saturated rings. The number of hydrogen-bond donors (Lipinski definition) is 0. The van der Waals surface area contributed by atoms with Crippen molar-refractivity contribution in [2.75, 3.05) is 0 Å². The summed E-state index contributed by atoms with van der Waals surface area (Å²) in [6.07, 6.45) is 0. The molecule has 28 heavy (non-hydrogen) atoms. The van der Waals surface area contributed by atoms with Crippen LogP contribution in [0, 0.1) is 11.3 Å². The van der Waals surface area contributed by atoms with E-state index in [1.54, 1.807) is 17.8 Å². The molecule has 0 atom stereocenters. The first-order valence-corrected chi connectivity index (χ1v) is 10.4. The highest BCUT2D eigenvalue weighted by molar-refractivity contribution is 9.10. The number of halogens is 1. The lowest BCUT2D eigenvalue weighted by Crippen LogP contribution is -2.04. The van der Waals surface area contributed by atoms with Gasteiger partial charge in [0.15, 0.2) is 15.6 Å². The van der Waals surface area contributed by atoms with Crippen LogP contribution < -0.4 is 0 Å². The molecule has 0 radical (unpaired) electrons. The van der Waals surface area contributed by atoms with E-state index < -0.39 is 0 Å². The molecule has 0 unspecified atom stereocenters. The van der Waals surface area contributed by atoms with Gasteiger partial charge in [0.25, 0.3) is 0 Å². The number of thioether (sulfide) groups is 1. The first kappa shape index (κ1) is 18.5. The highest BCUT2D eigenvalue weighted by Crippen LogP contribution is 2.29. The summed E-state index contributed by atoms with van der Waals surface area (Å²) in [5.74, 6) is 2.04. The first-order chi connectivity index (χ1) is 13.7. The molecule has 0 aliphatic carbocycles. The summed E-state index contributed by atoms with van der Waals surface area (Å²) in [7, 11) is 0. The van der Waals surface area contributed by atoms with Crippen LogP contribution in [0.2, 0.25) is 0 Å². The van der Waals surface area contributed by atoms with Crippen LogP contribution in [0.4, 0.5) is 0 Å². The summed E-state index contributed by atoms with van der Waals surface area (Å²) in [5.41, 5.74) is 2.88. The first-order valence-electron chi connectivity index (χ1n) is 8.57. The van der Waals surface area contributed by atoms with Crippen LogP contribution in [0.3, 0.4) is 0 Å². The van der Waals surface area contributed by atoms with Crippen molar-refractivity contribution in [3.8, 4) is 17.7 Å². The van der Waals surface area contributed by atoms with Crippen molar-refractivity contribution in [3.63, 3.8) is 0 Å². The fraction of sp³-hybridized carbons (Fsp3) is 0.0952. The van der Waals surface area contributed by atoms with Crippen molar-refractivity contribution in [2.45, 2.75) is 17.5 Å². The van der Waals surface area contributed by atoms with Gasteiger partial charge in [-0.2, -0.15) is 5.26 Å². The van der Waals surface area contributed by atoms with Crippen molar-refractivity contribution in [3.05, 3.63) is 88.1 Å². The van der Waals surface area contributed by atoms with Gasteiger partial charge in [-0.1, -0.05) is 54.2 Å². The summed E-state index contributed by atoms with van der Waals surface area (Å²) >= 11 is 4.93. The quantitative estimate of drug-likeness (QED) is 0.362. The summed E-state index contributed by atoms with van der Waals surface area (Å²) in [6.45, 7) is 0.641. The number of nitriles is 1. The second-order valence-electron chi connectivity index (χ2n) is 6.08. The maximum Gasteiger partial charge on any atom is 0.200 e. The van der Waals surface area contributed by atoms with E-state index in [1.165, 1.54) is 0 Å². The van der Waals surface area contributed by atoms with E-state index in [0.29, 0.717) is 34.1 Å². The van der Waals surface area contributed by atoms with E-state index in [4.69, 9.17) is 9.68 Å². The predicted octanol–water partition coefficient (Wildman–Crippen LogP) is 5.51. The van der Waals surface area contributed by atoms with Crippen LogP contribution in [0.5, 0.6) is 0 Å². The second kappa shape index (κ2) is 8.46. The minimum atomic E-state index is 0.641. The highest BCUT2D eigenvalue weighted by Gasteiger charge is 2.17. The van der Waals surface area contributed by atoms with Crippen LogP contribution >= 0.6 is 27.7 Å². The molecule has 4 aromatic rings. The highest BCUT2D eigenvalue weighted by atomic mass is 79.9. The molecule has 0 N–H and O–H groups in total. The Morgan fingerprint density at radius 2 is 1.82 bits per heavy atom. The number of hydrogen-bond acceptors (Lipinski definition) is 5. The number of aromatic nitrogens is 3. The van der Waals surface area contributed by atoms with Gasteiger partial charge >= 0.3 is 0 Å². The summed E-state index contributed by atoms with van der Waals surface area (Å²) in [5, 5.41) is 18.6. The maximum absolute atomic E-state index is 9.09. The lowest BCUT2D eigenvalue weighted by atomic mass is 10.2. The van der Waals surface area contributed by atoms with Crippen molar-refractivity contribution in [2.24, 2.45) is 0 Å². The Morgan fingerprint density at radius 1 is 1.00 bits per heavy atom. The zero-order valence-electron chi connectivity index (χ0n) is 14.7. The van der Waals surface area contributed by atoms with Gasteiger partial charge in [-0.3, -0.25) is 4.57 Å². The third-order valence-corrected chi connectivity index (χ3v) is 5.58. The van der Waals surface area contributed by atoms with Crippen LogP contribution in [0.15, 0.2) is 81.0 Å². The SMILES string of the molecule is N#Cc1cccc(CSc2nnc(-c3ccc(Br)o3)n2Cc2ccccc2)c1. The average Bonchev–Trinajstić information content (AvgIpc) is 3.33. The lowest BCUT2D eigenvalue weighted by molar-refractivity contribution is 0.545. The van der Waals surface area contributed by atoms with Gasteiger partial charge in [0.2, 0.25) is 5.82 Å². The fourth-order valence-electron chi connectivity index (χ4n) is 2.80. The van der Waals surface area contributed by atoms with E-state index in [1.807, 2.05) is 48.5 Å². The van der Waals surface area contributed by atoms with E-state index in [9.17, 15) is 0 Å². The monoisotopic (exact) mass is 450 g/mol. The molecule has 0 bridgehead atoms. The third-order valence-electron chi connectivity index (χ3n) is 4.12. The van der Waals surface area contributed by atoms with E-state index in [0.717, 1.165) is 16.3 Å². The van der Waals surface area contributed by atoms with Crippen molar-refractivity contribution in [1.82, 2.24) is 14.8 Å². The largest absolute Gasteiger partial charge is 0.446 e. The van der Waals surface area contributed by atoms with E-state index >= 15 is 0 Å². The molecule has 0 saturated heterocycles. The Hall–Kier alpha value is -2.82. The second-order valence-corrected chi connectivity index (χ2v) is 7.81. The van der Waals surface area contributed by atoms with Crippen LogP contribution in [-0.2, 0) is 12.3 Å². The molecule has 2 aromatic carbocycles. The third kappa shape index (κ3) is 4.19. The molecule has 2 heterocycles. The molecule has 2 aromatic heterocycles. The van der Waals surface area contributed by atoms with Crippen LogP contribution in [-0.4, -0.2) is 14.8 Å². The summed E-state index contributed by atoms with van der Waals surface area (Å²) in [4.78, 5) is 0. The Labute approximate surface area is 175 Å². The normalized spacial score (nSPS) is 10.7. The number of benzene rings is 2. The standard InChI is InChI=1S/C21H15BrN4OS/c22-19-10-9-18(27-19)20-24-25-21(26(20)13-15-5-2-1-3-6-15)28-14-17-8-4-7-16(11-17)12-23/h1-11H,13-14H2. The van der Waals surface area contributed by atoms with E-state index in [2.05, 4.69) is 48.9 Å². The Balaban J connectivity index is 1.64. The average molecular weight is 451 g/mol. The number of furan rings is 1. The topological polar surface area (TPSA) is 67.6 Å². The zero-order valence-corrected chi connectivity index (χ0v) is 17.2. The van der Waals surface area contributed by atoms with Gasteiger partial charge in [0, 0.05) is 5.75 Å². The van der Waals surface area contributed by atoms with Gasteiger partial charge in [-0.25, -0.2) is 0 Å². The Bertz CT molecular complexity index is 1130. The predicted molar refractivity (Wildman–Crippen MR) is 112 cm³/mol. The van der Waals surface area contributed by atoms with Crippen molar-refractivity contribution >= 4 is 27.7 Å². The van der Waals surface area contributed by atoms with Gasteiger partial charge < -0.3 is 4.42 Å². The molecule has 138 valence electrons. The molecule has 7 heteroatoms. The van der Waals surface area contributed by atoms with Crippen LogP contribution in [0.1, 0.15) is 16.7 Å². The number of rotatable bonds is 6. The molecule has 0 spiro atoms. The number of nitrogens with zero attached hydrogens (tertiary/aromatic N) is 4. The zero-order chi connectivity index (χ0) is 19.3. The summed E-state index contributed by atoms with van der Waals surface area (Å²) < 4.78 is 8.41. The smallest absolute Gasteiger partial charge is 0.200 e. The minimum absolute atomic E-state index is 0.641. The molecule has 4 rings (SSSR count). The Morgan fingerprint density at radius 3 is 2.57 bits per heavy atom. The van der Waals surface area contributed by atoms with Gasteiger partial charge in [-0.15, -0.1) is 10.2 Å². The van der Waals surface area contributed by atoms with Gasteiger partial charge in [-0.05, 0) is 51.3 Å². The lowest BCUT2D eigenvalue weighted by Gasteiger charge is -2.09. The molecule has 0 aliphatic heterocycles. The van der Waals surface area contributed by atoms with Crippen molar-refractivity contribution < 1.29 is 4.42 Å². The van der Waals surface area contributed by atoms with Gasteiger partial charge in [0.05, 0.1) is 18.2 Å². The summed E-state index contributed by atoms with van der Waals surface area (Å²) in [6, 6.07) is 23.7. The van der Waals surface area contributed by atoms with Crippen molar-refractivity contribution in [1.29, 1.82) is 5.26 Å². The molecular weight excluding hydrogens is 436 g/mol. The molecule has 0 amide bonds. The fourth-order valence-corrected chi connectivity index (χ4v) is 3.99. The molecule has 0 saturated carbocycles. The minimum Gasteiger partial charge on any atom is -0.446 e. The Kier molecular flexibility index (Phi) is 5.60.